The fourth-order valence-corrected chi connectivity index (χ4v) is 2.45. The monoisotopic (exact) mass is 323 g/mol. The summed E-state index contributed by atoms with van der Waals surface area (Å²) in [5, 5.41) is 14.2. The van der Waals surface area contributed by atoms with Crippen LogP contribution in [0.25, 0.3) is 11.4 Å². The number of hydrogen-bond donors (Lipinski definition) is 1. The number of carbonyl (C=O) groups excluding carboxylic acids is 1. The molecule has 0 saturated carbocycles. The number of anilines is 1. The first-order valence-electron chi connectivity index (χ1n) is 7.24. The first-order valence-corrected chi connectivity index (χ1v) is 7.24. The van der Waals surface area contributed by atoms with Crippen LogP contribution in [-0.2, 0) is 7.05 Å². The van der Waals surface area contributed by atoms with Crippen molar-refractivity contribution in [1.29, 1.82) is 0 Å². The van der Waals surface area contributed by atoms with E-state index in [9.17, 15) is 4.79 Å². The number of benzene rings is 2. The lowest BCUT2D eigenvalue weighted by Crippen LogP contribution is -2.12. The number of hydrogen-bond acceptors (Lipinski definition) is 6. The molecule has 0 unspecified atom stereocenters. The van der Waals surface area contributed by atoms with Crippen molar-refractivity contribution >= 4 is 11.6 Å². The predicted octanol–water partition coefficient (Wildman–Crippen LogP) is 1.86. The number of carbonyl (C=O) groups is 1. The second-order valence-corrected chi connectivity index (χ2v) is 5.23. The number of tetrazole rings is 1. The summed E-state index contributed by atoms with van der Waals surface area (Å²) in [7, 11) is 1.74. The minimum Gasteiger partial charge on any atom is -0.454 e. The Bertz CT molecular complexity index is 922. The highest BCUT2D eigenvalue weighted by Gasteiger charge is 2.15. The molecule has 0 spiro atoms. The molecule has 120 valence electrons. The van der Waals surface area contributed by atoms with Gasteiger partial charge < -0.3 is 14.8 Å². The molecule has 0 saturated heterocycles. The average Bonchev–Trinajstić information content (AvgIpc) is 3.23. The lowest BCUT2D eigenvalue weighted by molar-refractivity contribution is 0.102. The molecule has 1 amide bonds. The number of aromatic nitrogens is 4. The summed E-state index contributed by atoms with van der Waals surface area (Å²) >= 11 is 0. The third-order valence-corrected chi connectivity index (χ3v) is 3.63. The fraction of sp³-hybridized carbons (Fsp3) is 0.125. The van der Waals surface area contributed by atoms with Crippen LogP contribution in [-0.4, -0.2) is 32.9 Å². The zero-order valence-electron chi connectivity index (χ0n) is 12.8. The number of ether oxygens (including phenoxy) is 2. The maximum absolute atomic E-state index is 12.5. The maximum atomic E-state index is 12.5. The summed E-state index contributed by atoms with van der Waals surface area (Å²) in [5.41, 5.74) is 1.91. The molecule has 4 rings (SSSR count). The van der Waals surface area contributed by atoms with Gasteiger partial charge in [-0.3, -0.25) is 4.79 Å². The number of nitrogens with zero attached hydrogens (tertiary/aromatic N) is 4. The Balaban J connectivity index is 1.58. The van der Waals surface area contributed by atoms with Crippen LogP contribution in [0.15, 0.2) is 42.5 Å². The van der Waals surface area contributed by atoms with Crippen LogP contribution in [0, 0.1) is 0 Å². The van der Waals surface area contributed by atoms with Gasteiger partial charge in [-0.2, -0.15) is 0 Å². The van der Waals surface area contributed by atoms with Crippen molar-refractivity contribution < 1.29 is 14.3 Å². The van der Waals surface area contributed by atoms with Crippen LogP contribution in [0.4, 0.5) is 5.69 Å². The molecular formula is C16H13N5O3. The molecule has 1 aliphatic rings. The number of nitrogens with one attached hydrogen (secondary N) is 1. The number of fused-ring (bicyclic) bond motifs is 1. The molecule has 0 aliphatic carbocycles. The van der Waals surface area contributed by atoms with E-state index in [1.54, 1.807) is 48.1 Å². The van der Waals surface area contributed by atoms with E-state index < -0.39 is 0 Å². The molecule has 8 heteroatoms. The van der Waals surface area contributed by atoms with E-state index in [0.717, 1.165) is 5.56 Å². The molecule has 0 atom stereocenters. The fourth-order valence-electron chi connectivity index (χ4n) is 2.45. The Labute approximate surface area is 137 Å². The van der Waals surface area contributed by atoms with E-state index >= 15 is 0 Å². The third kappa shape index (κ3) is 2.54. The van der Waals surface area contributed by atoms with Crippen LogP contribution in [0.2, 0.25) is 0 Å². The Morgan fingerprint density at radius 2 is 2.04 bits per heavy atom. The Morgan fingerprint density at radius 1 is 1.17 bits per heavy atom. The molecular weight excluding hydrogens is 310 g/mol. The maximum Gasteiger partial charge on any atom is 0.255 e. The molecule has 2 heterocycles. The first kappa shape index (κ1) is 14.2. The Hall–Kier alpha value is -3.42. The molecule has 0 radical (unpaired) electrons. The lowest BCUT2D eigenvalue weighted by atomic mass is 10.1. The predicted molar refractivity (Wildman–Crippen MR) is 84.8 cm³/mol. The minimum absolute atomic E-state index is 0.195. The second-order valence-electron chi connectivity index (χ2n) is 5.23. The smallest absolute Gasteiger partial charge is 0.255 e. The van der Waals surface area contributed by atoms with Crippen LogP contribution in [0.3, 0.4) is 0 Å². The molecule has 1 aromatic heterocycles. The summed E-state index contributed by atoms with van der Waals surface area (Å²) in [6, 6.07) is 12.4. The van der Waals surface area contributed by atoms with Gasteiger partial charge in [0.1, 0.15) is 0 Å². The van der Waals surface area contributed by atoms with Crippen molar-refractivity contribution in [2.75, 3.05) is 12.1 Å². The van der Waals surface area contributed by atoms with Crippen LogP contribution in [0.1, 0.15) is 10.4 Å². The third-order valence-electron chi connectivity index (χ3n) is 3.63. The molecule has 2 aromatic carbocycles. The Kier molecular flexibility index (Phi) is 3.34. The SMILES string of the molecule is Cn1nnnc1-c1cccc(C(=O)Nc2ccc3c(c2)OCO3)c1. The second kappa shape index (κ2) is 5.65. The first-order chi connectivity index (χ1) is 11.7. The van der Waals surface area contributed by atoms with E-state index in [-0.39, 0.29) is 12.7 Å². The van der Waals surface area contributed by atoms with E-state index in [2.05, 4.69) is 20.8 Å². The van der Waals surface area contributed by atoms with Crippen molar-refractivity contribution in [2.45, 2.75) is 0 Å². The molecule has 8 nitrogen and oxygen atoms in total. The van der Waals surface area contributed by atoms with Gasteiger partial charge in [-0.25, -0.2) is 4.68 Å². The van der Waals surface area contributed by atoms with Gasteiger partial charge in [0.15, 0.2) is 17.3 Å². The van der Waals surface area contributed by atoms with E-state index in [1.165, 1.54) is 0 Å². The highest BCUT2D eigenvalue weighted by molar-refractivity contribution is 6.05. The van der Waals surface area contributed by atoms with Gasteiger partial charge >= 0.3 is 0 Å². The summed E-state index contributed by atoms with van der Waals surface area (Å²) in [6.45, 7) is 0.195. The molecule has 3 aromatic rings. The van der Waals surface area contributed by atoms with Crippen molar-refractivity contribution in [3.63, 3.8) is 0 Å². The summed E-state index contributed by atoms with van der Waals surface area (Å²) in [5.74, 6) is 1.65. The molecule has 24 heavy (non-hydrogen) atoms. The number of aryl methyl sites for hydroxylation is 1. The summed E-state index contributed by atoms with van der Waals surface area (Å²) in [4.78, 5) is 12.5. The summed E-state index contributed by atoms with van der Waals surface area (Å²) < 4.78 is 12.1. The van der Waals surface area contributed by atoms with Crippen molar-refractivity contribution in [1.82, 2.24) is 20.2 Å². The van der Waals surface area contributed by atoms with E-state index in [1.807, 2.05) is 6.07 Å². The van der Waals surface area contributed by atoms with E-state index in [4.69, 9.17) is 9.47 Å². The zero-order chi connectivity index (χ0) is 16.5. The highest BCUT2D eigenvalue weighted by atomic mass is 16.7. The van der Waals surface area contributed by atoms with Gasteiger partial charge in [0.2, 0.25) is 6.79 Å². The number of rotatable bonds is 3. The van der Waals surface area contributed by atoms with Gasteiger partial charge in [0.05, 0.1) is 0 Å². The topological polar surface area (TPSA) is 91.2 Å². The average molecular weight is 323 g/mol. The Morgan fingerprint density at radius 3 is 2.88 bits per heavy atom. The molecule has 1 N–H and O–H groups in total. The largest absolute Gasteiger partial charge is 0.454 e. The highest BCUT2D eigenvalue weighted by Crippen LogP contribution is 2.34. The molecule has 0 fully saturated rings. The van der Waals surface area contributed by atoms with Gasteiger partial charge in [0, 0.05) is 29.9 Å². The van der Waals surface area contributed by atoms with E-state index in [0.29, 0.717) is 28.6 Å². The van der Waals surface area contributed by atoms with Crippen LogP contribution >= 0.6 is 0 Å². The molecule has 1 aliphatic heterocycles. The normalized spacial score (nSPS) is 12.2. The standard InChI is InChI=1S/C16H13N5O3/c1-21-15(18-19-20-21)10-3-2-4-11(7-10)16(22)17-12-5-6-13-14(8-12)24-9-23-13/h2-8H,9H2,1H3,(H,17,22). The van der Waals surface area contributed by atoms with Crippen LogP contribution in [0.5, 0.6) is 11.5 Å². The van der Waals surface area contributed by atoms with Crippen LogP contribution < -0.4 is 14.8 Å². The van der Waals surface area contributed by atoms with Gasteiger partial charge in [-0.1, -0.05) is 12.1 Å². The lowest BCUT2D eigenvalue weighted by Gasteiger charge is -2.07. The quantitative estimate of drug-likeness (QED) is 0.791. The van der Waals surface area contributed by atoms with Crippen molar-refractivity contribution in [3.05, 3.63) is 48.0 Å². The van der Waals surface area contributed by atoms with Crippen molar-refractivity contribution in [3.8, 4) is 22.9 Å². The summed E-state index contributed by atoms with van der Waals surface area (Å²) in [6.07, 6.45) is 0. The van der Waals surface area contributed by atoms with Gasteiger partial charge in [0.25, 0.3) is 5.91 Å². The number of amides is 1. The van der Waals surface area contributed by atoms with Gasteiger partial charge in [-0.05, 0) is 34.7 Å². The zero-order valence-corrected chi connectivity index (χ0v) is 12.8. The minimum atomic E-state index is -0.231. The van der Waals surface area contributed by atoms with Crippen molar-refractivity contribution in [2.24, 2.45) is 7.05 Å². The van der Waals surface area contributed by atoms with Gasteiger partial charge in [-0.15, -0.1) is 5.10 Å². The molecule has 0 bridgehead atoms.